The van der Waals surface area contributed by atoms with Crippen molar-refractivity contribution in [2.24, 2.45) is 0 Å². The van der Waals surface area contributed by atoms with Crippen molar-refractivity contribution in [3.8, 4) is 17.2 Å². The van der Waals surface area contributed by atoms with E-state index in [0.29, 0.717) is 38.8 Å². The second-order valence-corrected chi connectivity index (χ2v) is 10.1. The Hall–Kier alpha value is -4.43. The van der Waals surface area contributed by atoms with Crippen molar-refractivity contribution < 1.29 is 33.3 Å². The summed E-state index contributed by atoms with van der Waals surface area (Å²) < 4.78 is 22.3. The molecule has 8 nitrogen and oxygen atoms in total. The van der Waals surface area contributed by atoms with Crippen LogP contribution >= 0.6 is 11.6 Å². The van der Waals surface area contributed by atoms with Crippen molar-refractivity contribution in [2.45, 2.75) is 32.5 Å². The summed E-state index contributed by atoms with van der Waals surface area (Å²) >= 11 is 6.20. The zero-order chi connectivity index (χ0) is 28.6. The Morgan fingerprint density at radius 2 is 1.68 bits per heavy atom. The maximum absolute atomic E-state index is 13.9. The predicted octanol–water partition coefficient (Wildman–Crippen LogP) is 6.67. The van der Waals surface area contributed by atoms with Gasteiger partial charge in [0.15, 0.2) is 22.9 Å². The molecule has 9 heteroatoms. The summed E-state index contributed by atoms with van der Waals surface area (Å²) in [6, 6.07) is 18.2. The maximum Gasteiger partial charge on any atom is 0.290 e. The number of Topliss-reactive ketones (excluding diaryl/α,β-unsaturated/α-hetero) is 1. The van der Waals surface area contributed by atoms with E-state index < -0.39 is 23.5 Å². The molecule has 40 heavy (non-hydrogen) atoms. The first-order valence-corrected chi connectivity index (χ1v) is 13.0. The second-order valence-electron chi connectivity index (χ2n) is 9.65. The molecule has 0 spiro atoms. The number of ketones is 1. The third-order valence-electron chi connectivity index (χ3n) is 6.62. The molecular formula is C31H28ClNO7. The zero-order valence-electron chi connectivity index (χ0n) is 22.4. The first kappa shape index (κ1) is 27.1. The Labute approximate surface area is 236 Å². The third-order valence-corrected chi connectivity index (χ3v) is 6.84. The number of aliphatic hydroxyl groups is 1. The number of rotatable bonds is 9. The molecule has 1 aromatic heterocycles. The molecule has 3 aromatic carbocycles. The number of carbonyl (C=O) groups is 2. The van der Waals surface area contributed by atoms with Crippen LogP contribution in [-0.2, 0) is 11.3 Å². The average Bonchev–Trinajstić information content (AvgIpc) is 3.47. The highest BCUT2D eigenvalue weighted by Gasteiger charge is 2.44. The van der Waals surface area contributed by atoms with Gasteiger partial charge in [0.1, 0.15) is 11.5 Å². The quantitative estimate of drug-likeness (QED) is 0.228. The molecule has 206 valence electrons. The van der Waals surface area contributed by atoms with E-state index in [9.17, 15) is 14.7 Å². The largest absolute Gasteiger partial charge is 0.503 e. The van der Waals surface area contributed by atoms with Crippen molar-refractivity contribution in [3.05, 3.63) is 100.0 Å². The minimum atomic E-state index is -0.881. The second kappa shape index (κ2) is 11.0. The fraction of sp³-hybridized carbons (Fsp3) is 0.226. The number of nitrogens with zero attached hydrogens (tertiary/aromatic N) is 1. The average molecular weight is 562 g/mol. The van der Waals surface area contributed by atoms with Crippen LogP contribution in [0.15, 0.2) is 82.5 Å². The monoisotopic (exact) mass is 561 g/mol. The number of fused-ring (bicyclic) bond motifs is 1. The summed E-state index contributed by atoms with van der Waals surface area (Å²) in [6.07, 6.45) is -0.0230. The van der Waals surface area contributed by atoms with Gasteiger partial charge in [0, 0.05) is 23.0 Å². The molecule has 0 aliphatic carbocycles. The number of hydrogen-bond acceptors (Lipinski definition) is 7. The topological polar surface area (TPSA) is 98.4 Å². The molecule has 0 radical (unpaired) electrons. The number of carbonyl (C=O) groups excluding carboxylic acids is 2. The number of aliphatic hydroxyl groups excluding tert-OH is 1. The molecule has 2 heterocycles. The summed E-state index contributed by atoms with van der Waals surface area (Å²) in [4.78, 5) is 28.8. The van der Waals surface area contributed by atoms with Crippen LogP contribution in [0, 0.1) is 0 Å². The van der Waals surface area contributed by atoms with E-state index >= 15 is 0 Å². The summed E-state index contributed by atoms with van der Waals surface area (Å²) in [7, 11) is 3.04. The van der Waals surface area contributed by atoms with Crippen LogP contribution < -0.4 is 14.2 Å². The van der Waals surface area contributed by atoms with Gasteiger partial charge in [-0.1, -0.05) is 35.9 Å². The first-order chi connectivity index (χ1) is 19.2. The van der Waals surface area contributed by atoms with E-state index in [1.807, 2.05) is 26.0 Å². The standard InChI is InChI=1S/C31H28ClNO7/c1-17(2)39-23-11-7-19(8-12-23)27-26(28(34)24-14-20-13-21(32)15-25(38-4)30(20)40-24)29(35)31(36)33(27)16-18-5-9-22(37-3)10-6-18/h5-15,17,27,35H,16H2,1-4H3. The van der Waals surface area contributed by atoms with Crippen LogP contribution in [0.3, 0.4) is 0 Å². The van der Waals surface area contributed by atoms with Crippen molar-refractivity contribution in [2.75, 3.05) is 14.2 Å². The molecule has 5 rings (SSSR count). The fourth-order valence-electron chi connectivity index (χ4n) is 4.81. The maximum atomic E-state index is 13.9. The van der Waals surface area contributed by atoms with Crippen LogP contribution in [-0.4, -0.2) is 42.0 Å². The van der Waals surface area contributed by atoms with Gasteiger partial charge in [-0.15, -0.1) is 0 Å². The Morgan fingerprint density at radius 3 is 2.30 bits per heavy atom. The molecular weight excluding hydrogens is 534 g/mol. The molecule has 1 aliphatic rings. The van der Waals surface area contributed by atoms with E-state index in [0.717, 1.165) is 5.56 Å². The predicted molar refractivity (Wildman–Crippen MR) is 150 cm³/mol. The number of halogens is 1. The smallest absolute Gasteiger partial charge is 0.290 e. The molecule has 0 saturated carbocycles. The lowest BCUT2D eigenvalue weighted by molar-refractivity contribution is -0.130. The number of amides is 1. The zero-order valence-corrected chi connectivity index (χ0v) is 23.2. The van der Waals surface area contributed by atoms with E-state index in [1.165, 1.54) is 18.1 Å². The molecule has 1 amide bonds. The number of hydrogen-bond donors (Lipinski definition) is 1. The molecule has 0 fully saturated rings. The van der Waals surface area contributed by atoms with Crippen molar-refractivity contribution in [3.63, 3.8) is 0 Å². The van der Waals surface area contributed by atoms with Crippen LogP contribution in [0.25, 0.3) is 11.0 Å². The van der Waals surface area contributed by atoms with Gasteiger partial charge < -0.3 is 28.6 Å². The highest BCUT2D eigenvalue weighted by atomic mass is 35.5. The summed E-state index contributed by atoms with van der Waals surface area (Å²) in [6.45, 7) is 3.99. The SMILES string of the molecule is COc1ccc(CN2C(=O)C(O)=C(C(=O)c3cc4cc(Cl)cc(OC)c4o3)C2c2ccc(OC(C)C)cc2)cc1. The van der Waals surface area contributed by atoms with E-state index in [4.69, 9.17) is 30.2 Å². The molecule has 1 unspecified atom stereocenters. The van der Waals surface area contributed by atoms with Crippen molar-refractivity contribution in [1.82, 2.24) is 4.90 Å². The number of furan rings is 1. The van der Waals surface area contributed by atoms with Gasteiger partial charge in [-0.2, -0.15) is 0 Å². The highest BCUT2D eigenvalue weighted by Crippen LogP contribution is 2.42. The van der Waals surface area contributed by atoms with Crippen molar-refractivity contribution >= 4 is 34.3 Å². The highest BCUT2D eigenvalue weighted by molar-refractivity contribution is 6.31. The molecule has 1 aliphatic heterocycles. The van der Waals surface area contributed by atoms with E-state index in [2.05, 4.69) is 0 Å². The molecule has 0 bridgehead atoms. The van der Waals surface area contributed by atoms with Gasteiger partial charge >= 0.3 is 0 Å². The molecule has 1 atom stereocenters. The van der Waals surface area contributed by atoms with Gasteiger partial charge in [-0.3, -0.25) is 9.59 Å². The summed E-state index contributed by atoms with van der Waals surface area (Å²) in [5, 5.41) is 12.0. The van der Waals surface area contributed by atoms with Gasteiger partial charge in [-0.25, -0.2) is 0 Å². The van der Waals surface area contributed by atoms with Crippen LogP contribution in [0.2, 0.25) is 5.02 Å². The van der Waals surface area contributed by atoms with Gasteiger partial charge in [0.2, 0.25) is 5.78 Å². The number of methoxy groups -OCH3 is 2. The van der Waals surface area contributed by atoms with Gasteiger partial charge in [-0.05, 0) is 61.4 Å². The number of ether oxygens (including phenoxy) is 3. The fourth-order valence-corrected chi connectivity index (χ4v) is 5.02. The Kier molecular flexibility index (Phi) is 7.45. The minimum Gasteiger partial charge on any atom is -0.503 e. The minimum absolute atomic E-state index is 0.0230. The summed E-state index contributed by atoms with van der Waals surface area (Å²) in [5.74, 6) is -0.287. The van der Waals surface area contributed by atoms with Gasteiger partial charge in [0.05, 0.1) is 31.9 Å². The Balaban J connectivity index is 1.57. The Bertz CT molecular complexity index is 1600. The Morgan fingerprint density at radius 1 is 1.00 bits per heavy atom. The molecule has 1 N–H and O–H groups in total. The van der Waals surface area contributed by atoms with E-state index in [-0.39, 0.29) is 24.0 Å². The van der Waals surface area contributed by atoms with Crippen LogP contribution in [0.1, 0.15) is 41.6 Å². The van der Waals surface area contributed by atoms with Crippen molar-refractivity contribution in [1.29, 1.82) is 0 Å². The molecule has 4 aromatic rings. The third kappa shape index (κ3) is 5.10. The lowest BCUT2D eigenvalue weighted by Gasteiger charge is -2.27. The van der Waals surface area contributed by atoms with Gasteiger partial charge in [0.25, 0.3) is 5.91 Å². The van der Waals surface area contributed by atoms with Crippen LogP contribution in [0.4, 0.5) is 0 Å². The lowest BCUT2D eigenvalue weighted by atomic mass is 9.94. The lowest BCUT2D eigenvalue weighted by Crippen LogP contribution is -2.30. The number of benzene rings is 3. The first-order valence-electron chi connectivity index (χ1n) is 12.7. The normalized spacial score (nSPS) is 15.3. The molecule has 0 saturated heterocycles. The van der Waals surface area contributed by atoms with Crippen LogP contribution in [0.5, 0.6) is 17.2 Å². The van der Waals surface area contributed by atoms with E-state index in [1.54, 1.807) is 55.6 Å². The summed E-state index contributed by atoms with van der Waals surface area (Å²) in [5.41, 5.74) is 1.67.